The van der Waals surface area contributed by atoms with Gasteiger partial charge < -0.3 is 13.6 Å². The minimum Gasteiger partial charge on any atom is -0.531 e. The van der Waals surface area contributed by atoms with Gasteiger partial charge >= 0.3 is 6.01 Å². The van der Waals surface area contributed by atoms with Gasteiger partial charge in [0.25, 0.3) is 0 Å². The molecule has 0 amide bonds. The number of hydrogen-bond acceptors (Lipinski definition) is 5. The molecule has 23 heavy (non-hydrogen) atoms. The van der Waals surface area contributed by atoms with Gasteiger partial charge in [-0.15, -0.1) is 0 Å². The summed E-state index contributed by atoms with van der Waals surface area (Å²) in [6, 6.07) is 0.405. The minimum absolute atomic E-state index is 0.220. The molecule has 0 saturated carbocycles. The van der Waals surface area contributed by atoms with Gasteiger partial charge in [0, 0.05) is 6.20 Å². The van der Waals surface area contributed by atoms with Gasteiger partial charge in [0.2, 0.25) is 22.5 Å². The molecule has 0 aliphatic carbocycles. The molecular weight excluding hydrogens is 324 g/mol. The Bertz CT molecular complexity index is 499. The molecule has 0 aliphatic heterocycles. The third-order valence-electron chi connectivity index (χ3n) is 2.82. The highest BCUT2D eigenvalue weighted by atomic mass is 28.4. The molecule has 1 unspecified atom stereocenters. The van der Waals surface area contributed by atoms with E-state index in [9.17, 15) is 0 Å². The summed E-state index contributed by atoms with van der Waals surface area (Å²) in [5.41, 5.74) is 0.887. The van der Waals surface area contributed by atoms with Crippen LogP contribution in [0.2, 0.25) is 39.3 Å². The van der Waals surface area contributed by atoms with Crippen molar-refractivity contribution in [1.29, 1.82) is 0 Å². The van der Waals surface area contributed by atoms with Gasteiger partial charge in [-0.25, -0.2) is 4.98 Å². The van der Waals surface area contributed by atoms with E-state index in [1.807, 2.05) is 0 Å². The van der Waals surface area contributed by atoms with Crippen molar-refractivity contribution in [3.8, 4) is 11.9 Å². The Morgan fingerprint density at radius 1 is 1.04 bits per heavy atom. The maximum Gasteiger partial charge on any atom is 0.305 e. The lowest BCUT2D eigenvalue weighted by Crippen LogP contribution is -2.32. The van der Waals surface area contributed by atoms with Crippen LogP contribution >= 0.6 is 0 Å². The summed E-state index contributed by atoms with van der Waals surface area (Å²) in [6.45, 7) is 17.5. The number of nitrogens with zero attached hydrogens (tertiary/aromatic N) is 2. The lowest BCUT2D eigenvalue weighted by molar-refractivity contribution is 0.0460. The van der Waals surface area contributed by atoms with E-state index in [2.05, 4.69) is 63.1 Å². The average Bonchev–Trinajstić information content (AvgIpc) is 2.34. The molecule has 132 valence electrons. The molecule has 1 rings (SSSR count). The van der Waals surface area contributed by atoms with Crippen molar-refractivity contribution in [2.24, 2.45) is 0 Å². The Morgan fingerprint density at radius 3 is 2.17 bits per heavy atom. The van der Waals surface area contributed by atoms with Gasteiger partial charge in [-0.1, -0.05) is 13.3 Å². The monoisotopic (exact) mass is 356 g/mol. The van der Waals surface area contributed by atoms with E-state index < -0.39 is 16.6 Å². The zero-order valence-corrected chi connectivity index (χ0v) is 17.9. The molecule has 0 fully saturated rings. The Kier molecular flexibility index (Phi) is 7.22. The van der Waals surface area contributed by atoms with Crippen molar-refractivity contribution < 1.29 is 13.6 Å². The summed E-state index contributed by atoms with van der Waals surface area (Å²) in [5, 5.41) is 0. The lowest BCUT2D eigenvalue weighted by atomic mass is 10.2. The van der Waals surface area contributed by atoms with Crippen molar-refractivity contribution in [2.45, 2.75) is 78.7 Å². The van der Waals surface area contributed by atoms with Crippen LogP contribution in [-0.4, -0.2) is 32.7 Å². The Hall–Kier alpha value is -0.926. The fraction of sp³-hybridized carbons (Fsp3) is 0.750. The first kappa shape index (κ1) is 20.1. The molecule has 1 heterocycles. The van der Waals surface area contributed by atoms with E-state index in [0.29, 0.717) is 18.5 Å². The molecule has 1 atom stereocenters. The van der Waals surface area contributed by atoms with Gasteiger partial charge in [0.05, 0.1) is 18.3 Å². The number of aromatic nitrogens is 2. The van der Waals surface area contributed by atoms with Crippen molar-refractivity contribution in [1.82, 2.24) is 9.97 Å². The van der Waals surface area contributed by atoms with Gasteiger partial charge in [-0.2, -0.15) is 4.98 Å². The second-order valence-corrected chi connectivity index (χ2v) is 16.7. The van der Waals surface area contributed by atoms with E-state index in [0.717, 1.165) is 18.4 Å². The first-order valence-electron chi connectivity index (χ1n) is 8.35. The van der Waals surface area contributed by atoms with E-state index in [1.165, 1.54) is 0 Å². The quantitative estimate of drug-likeness (QED) is 0.605. The normalized spacial score (nSPS) is 13.7. The topological polar surface area (TPSA) is 53.5 Å². The molecule has 0 saturated heterocycles. The molecule has 7 heteroatoms. The minimum atomic E-state index is -1.77. The molecular formula is C16H32N2O3Si2. The molecule has 1 aromatic heterocycles. The Morgan fingerprint density at radius 2 is 1.65 bits per heavy atom. The largest absolute Gasteiger partial charge is 0.531 e. The smallest absolute Gasteiger partial charge is 0.305 e. The van der Waals surface area contributed by atoms with E-state index in [4.69, 9.17) is 13.6 Å². The number of rotatable bonds is 9. The highest BCUT2D eigenvalue weighted by molar-refractivity contribution is 6.70. The predicted octanol–water partition coefficient (Wildman–Crippen LogP) is 4.61. The third kappa shape index (κ3) is 8.48. The second-order valence-electron chi connectivity index (χ2n) is 7.82. The Balaban J connectivity index is 2.94. The van der Waals surface area contributed by atoms with Crippen LogP contribution in [0.5, 0.6) is 11.9 Å². The fourth-order valence-corrected chi connectivity index (χ4v) is 3.30. The first-order valence-corrected chi connectivity index (χ1v) is 15.2. The Labute approximate surface area is 143 Å². The van der Waals surface area contributed by atoms with Gasteiger partial charge in [-0.3, -0.25) is 0 Å². The number of hydrogen-bond donors (Lipinski definition) is 0. The zero-order chi connectivity index (χ0) is 17.7. The van der Waals surface area contributed by atoms with Crippen LogP contribution in [0.25, 0.3) is 0 Å². The van der Waals surface area contributed by atoms with Crippen molar-refractivity contribution in [2.75, 3.05) is 0 Å². The highest BCUT2D eigenvalue weighted by Crippen LogP contribution is 2.24. The number of ether oxygens (including phenoxy) is 1. The molecule has 0 bridgehead atoms. The van der Waals surface area contributed by atoms with Crippen LogP contribution in [0.3, 0.4) is 0 Å². The van der Waals surface area contributed by atoms with E-state index in [-0.39, 0.29) is 6.10 Å². The van der Waals surface area contributed by atoms with Crippen LogP contribution in [0.1, 0.15) is 32.3 Å². The summed E-state index contributed by atoms with van der Waals surface area (Å²) in [4.78, 5) is 8.84. The van der Waals surface area contributed by atoms with Crippen molar-refractivity contribution in [3.63, 3.8) is 0 Å². The van der Waals surface area contributed by atoms with E-state index in [1.54, 1.807) is 6.20 Å². The van der Waals surface area contributed by atoms with Crippen LogP contribution in [0.4, 0.5) is 0 Å². The van der Waals surface area contributed by atoms with E-state index >= 15 is 0 Å². The molecule has 0 aromatic carbocycles. The molecule has 0 radical (unpaired) electrons. The van der Waals surface area contributed by atoms with Crippen LogP contribution in [0, 0.1) is 0 Å². The van der Waals surface area contributed by atoms with Crippen molar-refractivity contribution in [3.05, 3.63) is 11.8 Å². The summed E-state index contributed by atoms with van der Waals surface area (Å²) < 4.78 is 17.9. The SMILES string of the molecule is CCCC(C)OCc1cnc(O[Si](C)(C)C)nc1O[Si](C)(C)C. The summed E-state index contributed by atoms with van der Waals surface area (Å²) in [7, 11) is -3.52. The fourth-order valence-electron chi connectivity index (χ4n) is 1.90. The molecule has 1 aromatic rings. The maximum atomic E-state index is 6.12. The summed E-state index contributed by atoms with van der Waals surface area (Å²) in [5.74, 6) is 0.608. The lowest BCUT2D eigenvalue weighted by Gasteiger charge is -2.23. The maximum absolute atomic E-state index is 6.12. The van der Waals surface area contributed by atoms with Crippen LogP contribution < -0.4 is 8.85 Å². The van der Waals surface area contributed by atoms with Crippen molar-refractivity contribution >= 4 is 16.6 Å². The predicted molar refractivity (Wildman–Crippen MR) is 99.1 cm³/mol. The first-order chi connectivity index (χ1) is 10.5. The summed E-state index contributed by atoms with van der Waals surface area (Å²) in [6.07, 6.45) is 4.15. The van der Waals surface area contributed by atoms with Gasteiger partial charge in [-0.05, 0) is 52.6 Å². The summed E-state index contributed by atoms with van der Waals surface area (Å²) >= 11 is 0. The highest BCUT2D eigenvalue weighted by Gasteiger charge is 2.23. The average molecular weight is 357 g/mol. The molecule has 0 aliphatic rings. The molecule has 0 spiro atoms. The van der Waals surface area contributed by atoms with Crippen LogP contribution in [-0.2, 0) is 11.3 Å². The van der Waals surface area contributed by atoms with Crippen LogP contribution in [0.15, 0.2) is 6.20 Å². The standard InChI is InChI=1S/C16H32N2O3Si2/c1-9-10-13(2)19-12-14-11-17-16(21-23(6,7)8)18-15(14)20-22(3,4)5/h11,13H,9-10,12H2,1-8H3. The third-order valence-corrected chi connectivity index (χ3v) is 4.42. The molecule has 0 N–H and O–H groups in total. The van der Waals surface area contributed by atoms with Gasteiger partial charge in [0.1, 0.15) is 0 Å². The van der Waals surface area contributed by atoms with Gasteiger partial charge in [0.15, 0.2) is 0 Å². The zero-order valence-electron chi connectivity index (χ0n) is 15.9. The molecule has 5 nitrogen and oxygen atoms in total. The second kappa shape index (κ2) is 8.25.